The molecule has 0 spiro atoms. The van der Waals surface area contributed by atoms with Gasteiger partial charge in [-0.15, -0.1) is 11.3 Å². The molecule has 0 aliphatic rings. The van der Waals surface area contributed by atoms with Gasteiger partial charge in [-0.1, -0.05) is 18.2 Å². The van der Waals surface area contributed by atoms with Crippen LogP contribution in [-0.2, 0) is 0 Å². The van der Waals surface area contributed by atoms with Gasteiger partial charge in [0, 0.05) is 15.5 Å². The van der Waals surface area contributed by atoms with E-state index in [1.165, 1.54) is 23.5 Å². The third kappa shape index (κ3) is 2.31. The molecule has 0 bridgehead atoms. The van der Waals surface area contributed by atoms with Crippen molar-refractivity contribution in [2.75, 3.05) is 13.2 Å². The average molecular weight is 341 g/mol. The number of pyridine rings is 1. The van der Waals surface area contributed by atoms with Crippen molar-refractivity contribution in [3.05, 3.63) is 58.5 Å². The standard InChI is InChI=1S/C18H12FNO3S/c19-10-5-6-14-12(9-10)16(22)15-11-3-1-2-4-13(11)20-18(17(15)24-14)23-8-7-21/h1-6,9,21H,7-8H2. The Morgan fingerprint density at radius 2 is 2.00 bits per heavy atom. The molecule has 0 aliphatic heterocycles. The van der Waals surface area contributed by atoms with Gasteiger partial charge in [-0.05, 0) is 24.3 Å². The number of fused-ring (bicyclic) bond motifs is 4. The number of aliphatic hydroxyl groups excluding tert-OH is 1. The van der Waals surface area contributed by atoms with E-state index in [0.717, 1.165) is 0 Å². The number of halogens is 1. The molecule has 6 heteroatoms. The fourth-order valence-corrected chi connectivity index (χ4v) is 3.86. The van der Waals surface area contributed by atoms with Gasteiger partial charge in [-0.2, -0.15) is 0 Å². The maximum Gasteiger partial charge on any atom is 0.232 e. The van der Waals surface area contributed by atoms with Crippen LogP contribution in [0.15, 0.2) is 47.3 Å². The predicted octanol–water partition coefficient (Wildman–Crippen LogP) is 3.47. The van der Waals surface area contributed by atoms with Crippen LogP contribution in [0.1, 0.15) is 0 Å². The summed E-state index contributed by atoms with van der Waals surface area (Å²) in [5, 5.41) is 10.5. The Balaban J connectivity index is 2.21. The zero-order valence-electron chi connectivity index (χ0n) is 12.5. The average Bonchev–Trinajstić information content (AvgIpc) is 2.60. The molecule has 2 aromatic heterocycles. The first-order valence-corrected chi connectivity index (χ1v) is 8.19. The van der Waals surface area contributed by atoms with Gasteiger partial charge in [0.15, 0.2) is 5.43 Å². The van der Waals surface area contributed by atoms with Gasteiger partial charge in [0.2, 0.25) is 5.88 Å². The molecule has 0 saturated heterocycles. The Morgan fingerprint density at radius 3 is 2.83 bits per heavy atom. The van der Waals surface area contributed by atoms with E-state index in [-0.39, 0.29) is 18.6 Å². The van der Waals surface area contributed by atoms with E-state index in [9.17, 15) is 9.18 Å². The van der Waals surface area contributed by atoms with Crippen molar-refractivity contribution in [3.63, 3.8) is 0 Å². The van der Waals surface area contributed by atoms with E-state index in [1.54, 1.807) is 12.1 Å². The molecule has 0 amide bonds. The molecule has 4 nitrogen and oxygen atoms in total. The van der Waals surface area contributed by atoms with Gasteiger partial charge < -0.3 is 9.84 Å². The molecule has 0 unspecified atom stereocenters. The number of hydrogen-bond donors (Lipinski definition) is 1. The van der Waals surface area contributed by atoms with Gasteiger partial charge in [-0.3, -0.25) is 4.79 Å². The summed E-state index contributed by atoms with van der Waals surface area (Å²) in [6.45, 7) is -0.0630. The maximum atomic E-state index is 13.6. The van der Waals surface area contributed by atoms with E-state index >= 15 is 0 Å². The Hall–Kier alpha value is -2.57. The molecule has 0 fully saturated rings. The summed E-state index contributed by atoms with van der Waals surface area (Å²) in [6.07, 6.45) is 0. The molecule has 0 aliphatic carbocycles. The molecule has 24 heavy (non-hydrogen) atoms. The van der Waals surface area contributed by atoms with Crippen molar-refractivity contribution >= 4 is 42.4 Å². The SMILES string of the molecule is O=c1c2cc(F)ccc2sc2c(OCCO)nc3ccccc3c12. The van der Waals surface area contributed by atoms with Crippen LogP contribution in [0.3, 0.4) is 0 Å². The maximum absolute atomic E-state index is 13.6. The number of nitrogens with zero attached hydrogens (tertiary/aromatic N) is 1. The fourth-order valence-electron chi connectivity index (χ4n) is 2.75. The largest absolute Gasteiger partial charge is 0.474 e. The Bertz CT molecular complexity index is 1140. The third-order valence-corrected chi connectivity index (χ3v) is 4.93. The summed E-state index contributed by atoms with van der Waals surface area (Å²) in [5.74, 6) is -0.132. The zero-order chi connectivity index (χ0) is 16.7. The van der Waals surface area contributed by atoms with Crippen LogP contribution in [0.4, 0.5) is 4.39 Å². The molecule has 4 aromatic rings. The van der Waals surface area contributed by atoms with Crippen molar-refractivity contribution in [3.8, 4) is 5.88 Å². The van der Waals surface area contributed by atoms with Crippen LogP contribution in [0.2, 0.25) is 0 Å². The molecule has 0 saturated carbocycles. The number of ether oxygens (including phenoxy) is 1. The zero-order valence-corrected chi connectivity index (χ0v) is 13.3. The molecule has 1 N–H and O–H groups in total. The van der Waals surface area contributed by atoms with Gasteiger partial charge in [0.05, 0.1) is 17.5 Å². The predicted molar refractivity (Wildman–Crippen MR) is 93.4 cm³/mol. The summed E-state index contributed by atoms with van der Waals surface area (Å²) in [6, 6.07) is 11.4. The second-order valence-corrected chi connectivity index (χ2v) is 6.33. The monoisotopic (exact) mass is 341 g/mol. The molecular formula is C18H12FNO3S. The van der Waals surface area contributed by atoms with E-state index in [2.05, 4.69) is 4.98 Å². The first kappa shape index (κ1) is 15.0. The second-order valence-electron chi connectivity index (χ2n) is 5.28. The lowest BCUT2D eigenvalue weighted by molar-refractivity contribution is 0.199. The Labute approximate surface area is 139 Å². The van der Waals surface area contributed by atoms with Gasteiger partial charge in [0.25, 0.3) is 0 Å². The summed E-state index contributed by atoms with van der Waals surface area (Å²) < 4.78 is 20.4. The number of hydrogen-bond acceptors (Lipinski definition) is 5. The van der Waals surface area contributed by atoms with Gasteiger partial charge in [-0.25, -0.2) is 9.37 Å². The van der Waals surface area contributed by atoms with Crippen molar-refractivity contribution in [1.82, 2.24) is 4.98 Å². The van der Waals surface area contributed by atoms with Crippen LogP contribution < -0.4 is 10.2 Å². The van der Waals surface area contributed by atoms with Crippen LogP contribution in [0.25, 0.3) is 31.1 Å². The first-order valence-electron chi connectivity index (χ1n) is 7.37. The van der Waals surface area contributed by atoms with E-state index < -0.39 is 5.82 Å². The highest BCUT2D eigenvalue weighted by Crippen LogP contribution is 2.35. The quantitative estimate of drug-likeness (QED) is 0.458. The molecular weight excluding hydrogens is 329 g/mol. The highest BCUT2D eigenvalue weighted by Gasteiger charge is 2.16. The summed E-state index contributed by atoms with van der Waals surface area (Å²) in [7, 11) is 0. The van der Waals surface area contributed by atoms with Gasteiger partial charge in [0.1, 0.15) is 17.1 Å². The normalized spacial score (nSPS) is 11.4. The minimum absolute atomic E-state index is 0.0861. The topological polar surface area (TPSA) is 59.4 Å². The van der Waals surface area contributed by atoms with E-state index in [1.807, 2.05) is 18.2 Å². The number of benzene rings is 2. The smallest absolute Gasteiger partial charge is 0.232 e. The number of aliphatic hydroxyl groups is 1. The molecule has 0 atom stereocenters. The fraction of sp³-hybridized carbons (Fsp3) is 0.111. The highest BCUT2D eigenvalue weighted by molar-refractivity contribution is 7.25. The number of rotatable bonds is 3. The lowest BCUT2D eigenvalue weighted by Crippen LogP contribution is -2.07. The van der Waals surface area contributed by atoms with Crippen molar-refractivity contribution < 1.29 is 14.2 Å². The summed E-state index contributed by atoms with van der Waals surface area (Å²) >= 11 is 1.33. The van der Waals surface area contributed by atoms with Crippen LogP contribution >= 0.6 is 11.3 Å². The summed E-state index contributed by atoms with van der Waals surface area (Å²) in [5.41, 5.74) is 0.378. The molecule has 120 valence electrons. The van der Waals surface area contributed by atoms with E-state index in [0.29, 0.717) is 37.0 Å². The molecule has 2 heterocycles. The lowest BCUT2D eigenvalue weighted by atomic mass is 10.1. The highest BCUT2D eigenvalue weighted by atomic mass is 32.1. The van der Waals surface area contributed by atoms with Crippen LogP contribution in [0.5, 0.6) is 5.88 Å². The minimum atomic E-state index is -0.443. The van der Waals surface area contributed by atoms with E-state index in [4.69, 9.17) is 9.84 Å². The molecule has 2 aromatic carbocycles. The van der Waals surface area contributed by atoms with Crippen molar-refractivity contribution in [1.29, 1.82) is 0 Å². The van der Waals surface area contributed by atoms with Crippen LogP contribution in [0, 0.1) is 5.82 Å². The van der Waals surface area contributed by atoms with Crippen molar-refractivity contribution in [2.24, 2.45) is 0 Å². The summed E-state index contributed by atoms with van der Waals surface area (Å²) in [4.78, 5) is 17.5. The second kappa shape index (κ2) is 5.81. The number of aromatic nitrogens is 1. The number of para-hydroxylation sites is 1. The minimum Gasteiger partial charge on any atom is -0.474 e. The third-order valence-electron chi connectivity index (χ3n) is 3.77. The molecule has 0 radical (unpaired) electrons. The lowest BCUT2D eigenvalue weighted by Gasteiger charge is -2.10. The first-order chi connectivity index (χ1) is 11.7. The van der Waals surface area contributed by atoms with Crippen LogP contribution in [-0.4, -0.2) is 23.3 Å². The van der Waals surface area contributed by atoms with Gasteiger partial charge >= 0.3 is 0 Å². The Kier molecular flexibility index (Phi) is 3.63. The Morgan fingerprint density at radius 1 is 1.17 bits per heavy atom. The molecule has 4 rings (SSSR count). The van der Waals surface area contributed by atoms with Crippen molar-refractivity contribution in [2.45, 2.75) is 0 Å².